The van der Waals surface area contributed by atoms with Crippen molar-refractivity contribution in [2.45, 2.75) is 52.1 Å². The van der Waals surface area contributed by atoms with Crippen molar-refractivity contribution < 1.29 is 0 Å². The van der Waals surface area contributed by atoms with Gasteiger partial charge in [-0.05, 0) is 44.5 Å². The Morgan fingerprint density at radius 2 is 2.00 bits per heavy atom. The molecule has 4 heteroatoms. The molecule has 0 fully saturated rings. The van der Waals surface area contributed by atoms with Gasteiger partial charge in [0, 0.05) is 18.8 Å². The van der Waals surface area contributed by atoms with Crippen molar-refractivity contribution in [3.63, 3.8) is 0 Å². The van der Waals surface area contributed by atoms with Crippen molar-refractivity contribution in [1.82, 2.24) is 20.1 Å². The molecule has 0 aliphatic heterocycles. The summed E-state index contributed by atoms with van der Waals surface area (Å²) in [6, 6.07) is 6.92. The number of nitrogens with zero attached hydrogens (tertiary/aromatic N) is 3. The van der Waals surface area contributed by atoms with Gasteiger partial charge in [0.05, 0.1) is 23.5 Å². The zero-order valence-corrected chi connectivity index (χ0v) is 13.5. The summed E-state index contributed by atoms with van der Waals surface area (Å²) in [5.74, 6) is 0. The van der Waals surface area contributed by atoms with E-state index in [1.807, 2.05) is 19.3 Å². The Morgan fingerprint density at radius 1 is 1.24 bits per heavy atom. The summed E-state index contributed by atoms with van der Waals surface area (Å²) in [5.41, 5.74) is 3.44. The predicted octanol–water partition coefficient (Wildman–Crippen LogP) is 3.45. The summed E-state index contributed by atoms with van der Waals surface area (Å²) in [4.78, 5) is 4.52. The molecule has 0 aliphatic rings. The second kappa shape index (κ2) is 7.36. The largest absolute Gasteiger partial charge is 0.311 e. The molecule has 1 unspecified atom stereocenters. The first-order valence-corrected chi connectivity index (χ1v) is 7.82. The van der Waals surface area contributed by atoms with Crippen LogP contribution >= 0.6 is 0 Å². The van der Waals surface area contributed by atoms with Crippen LogP contribution in [0.15, 0.2) is 30.6 Å². The maximum absolute atomic E-state index is 4.74. The van der Waals surface area contributed by atoms with Gasteiger partial charge in [-0.1, -0.05) is 19.9 Å². The molecule has 0 aliphatic carbocycles. The molecule has 0 aromatic carbocycles. The van der Waals surface area contributed by atoms with Gasteiger partial charge in [0.1, 0.15) is 0 Å². The van der Waals surface area contributed by atoms with Crippen molar-refractivity contribution in [2.75, 3.05) is 7.05 Å². The molecule has 2 aromatic heterocycles. The molecule has 2 rings (SSSR count). The van der Waals surface area contributed by atoms with Crippen LogP contribution in [-0.2, 0) is 6.42 Å². The SMILES string of the molecule is CCC(CC)n1ccc(CC(NC)c2ncccc2C)n1. The van der Waals surface area contributed by atoms with Gasteiger partial charge in [-0.25, -0.2) is 0 Å². The van der Waals surface area contributed by atoms with E-state index in [0.29, 0.717) is 6.04 Å². The van der Waals surface area contributed by atoms with E-state index in [1.54, 1.807) is 0 Å². The molecule has 21 heavy (non-hydrogen) atoms. The maximum atomic E-state index is 4.74. The molecule has 4 nitrogen and oxygen atoms in total. The third-order valence-corrected chi connectivity index (χ3v) is 4.12. The van der Waals surface area contributed by atoms with Crippen LogP contribution in [0, 0.1) is 6.92 Å². The van der Waals surface area contributed by atoms with Crippen molar-refractivity contribution >= 4 is 0 Å². The fraction of sp³-hybridized carbons (Fsp3) is 0.529. The lowest BCUT2D eigenvalue weighted by atomic mass is 10.0. The van der Waals surface area contributed by atoms with Gasteiger partial charge >= 0.3 is 0 Å². The van der Waals surface area contributed by atoms with E-state index in [0.717, 1.165) is 30.7 Å². The number of nitrogens with one attached hydrogen (secondary N) is 1. The molecular weight excluding hydrogens is 260 g/mol. The van der Waals surface area contributed by atoms with Crippen LogP contribution in [0.2, 0.25) is 0 Å². The maximum Gasteiger partial charge on any atom is 0.0644 e. The summed E-state index contributed by atoms with van der Waals surface area (Å²) in [6.45, 7) is 6.53. The number of pyridine rings is 1. The molecule has 0 amide bonds. The van der Waals surface area contributed by atoms with Gasteiger partial charge in [-0.3, -0.25) is 9.67 Å². The highest BCUT2D eigenvalue weighted by atomic mass is 15.3. The van der Waals surface area contributed by atoms with Crippen LogP contribution in [0.25, 0.3) is 0 Å². The summed E-state index contributed by atoms with van der Waals surface area (Å²) in [6.07, 6.45) is 7.06. The van der Waals surface area contributed by atoms with Gasteiger partial charge < -0.3 is 5.32 Å². The number of aryl methyl sites for hydroxylation is 1. The first kappa shape index (κ1) is 15.7. The minimum Gasteiger partial charge on any atom is -0.311 e. The normalized spacial score (nSPS) is 12.8. The van der Waals surface area contributed by atoms with Crippen molar-refractivity contribution in [1.29, 1.82) is 0 Å². The Labute approximate surface area is 127 Å². The second-order valence-electron chi connectivity index (χ2n) is 5.51. The van der Waals surface area contributed by atoms with E-state index < -0.39 is 0 Å². The smallest absolute Gasteiger partial charge is 0.0644 e. The Balaban J connectivity index is 2.14. The molecule has 2 heterocycles. The zero-order chi connectivity index (χ0) is 15.2. The molecule has 1 atom stereocenters. The minimum absolute atomic E-state index is 0.205. The van der Waals surface area contributed by atoms with E-state index >= 15 is 0 Å². The van der Waals surface area contributed by atoms with Gasteiger partial charge in [0.25, 0.3) is 0 Å². The van der Waals surface area contributed by atoms with E-state index in [9.17, 15) is 0 Å². The van der Waals surface area contributed by atoms with Crippen LogP contribution in [0.5, 0.6) is 0 Å². The molecule has 2 aromatic rings. The zero-order valence-electron chi connectivity index (χ0n) is 13.5. The van der Waals surface area contributed by atoms with E-state index in [2.05, 4.69) is 54.1 Å². The molecule has 0 spiro atoms. The van der Waals surface area contributed by atoms with Gasteiger partial charge in [-0.2, -0.15) is 5.10 Å². The Kier molecular flexibility index (Phi) is 5.51. The van der Waals surface area contributed by atoms with Crippen molar-refractivity contribution in [3.05, 3.63) is 47.5 Å². The van der Waals surface area contributed by atoms with Gasteiger partial charge in [-0.15, -0.1) is 0 Å². The Hall–Kier alpha value is -1.68. The van der Waals surface area contributed by atoms with Crippen LogP contribution in [0.4, 0.5) is 0 Å². The number of hydrogen-bond donors (Lipinski definition) is 1. The predicted molar refractivity (Wildman–Crippen MR) is 86.3 cm³/mol. The van der Waals surface area contributed by atoms with Crippen LogP contribution in [0.1, 0.15) is 55.7 Å². The molecule has 114 valence electrons. The number of rotatable bonds is 7. The van der Waals surface area contributed by atoms with E-state index in [4.69, 9.17) is 5.10 Å². The van der Waals surface area contributed by atoms with Crippen molar-refractivity contribution in [2.24, 2.45) is 0 Å². The van der Waals surface area contributed by atoms with Crippen molar-refractivity contribution in [3.8, 4) is 0 Å². The van der Waals surface area contributed by atoms with Crippen LogP contribution < -0.4 is 5.32 Å². The second-order valence-corrected chi connectivity index (χ2v) is 5.51. The third-order valence-electron chi connectivity index (χ3n) is 4.12. The van der Waals surface area contributed by atoms with E-state index in [-0.39, 0.29) is 6.04 Å². The lowest BCUT2D eigenvalue weighted by Crippen LogP contribution is -2.21. The minimum atomic E-state index is 0.205. The third kappa shape index (κ3) is 3.70. The molecule has 1 N–H and O–H groups in total. The molecular formula is C17H26N4. The highest BCUT2D eigenvalue weighted by molar-refractivity contribution is 5.22. The summed E-state index contributed by atoms with van der Waals surface area (Å²) < 4.78 is 2.10. The Bertz CT molecular complexity index is 557. The first-order valence-electron chi connectivity index (χ1n) is 7.82. The summed E-state index contributed by atoms with van der Waals surface area (Å²) in [7, 11) is 1.98. The average Bonchev–Trinajstić information content (AvgIpc) is 2.95. The highest BCUT2D eigenvalue weighted by Gasteiger charge is 2.16. The first-order chi connectivity index (χ1) is 10.2. The fourth-order valence-corrected chi connectivity index (χ4v) is 2.76. The monoisotopic (exact) mass is 286 g/mol. The lowest BCUT2D eigenvalue weighted by molar-refractivity contribution is 0.423. The van der Waals surface area contributed by atoms with Crippen LogP contribution in [-0.4, -0.2) is 21.8 Å². The Morgan fingerprint density at radius 3 is 2.62 bits per heavy atom. The molecule has 0 saturated carbocycles. The number of hydrogen-bond acceptors (Lipinski definition) is 3. The fourth-order valence-electron chi connectivity index (χ4n) is 2.76. The quantitative estimate of drug-likeness (QED) is 0.847. The summed E-state index contributed by atoms with van der Waals surface area (Å²) in [5, 5.41) is 8.11. The number of aromatic nitrogens is 3. The van der Waals surface area contributed by atoms with E-state index in [1.165, 1.54) is 5.56 Å². The average molecular weight is 286 g/mol. The number of likely N-dealkylation sites (N-methyl/N-ethyl adjacent to an activating group) is 1. The summed E-state index contributed by atoms with van der Waals surface area (Å²) >= 11 is 0. The van der Waals surface area contributed by atoms with Crippen LogP contribution in [0.3, 0.4) is 0 Å². The van der Waals surface area contributed by atoms with Gasteiger partial charge in [0.2, 0.25) is 0 Å². The molecule has 0 saturated heterocycles. The lowest BCUT2D eigenvalue weighted by Gasteiger charge is -2.17. The molecule has 0 radical (unpaired) electrons. The molecule has 0 bridgehead atoms. The highest BCUT2D eigenvalue weighted by Crippen LogP contribution is 2.20. The topological polar surface area (TPSA) is 42.7 Å². The standard InChI is InChI=1S/C17H26N4/c1-5-15(6-2)21-11-9-14(20-21)12-16(18-4)17-13(3)8-7-10-19-17/h7-11,15-16,18H,5-6,12H2,1-4H3. The van der Waals surface area contributed by atoms with Gasteiger partial charge in [0.15, 0.2) is 0 Å².